The summed E-state index contributed by atoms with van der Waals surface area (Å²) in [6, 6.07) is 0.784. The molecular weight excluding hydrogens is 134 g/mol. The molecule has 2 rings (SSSR count). The fourth-order valence-electron chi connectivity index (χ4n) is 2.43. The standard InChI is InChI=1S/C10H17N/c1-7-3-4-10-9(5-7)8(2)6-11-10/h6-7,9-11H,3-5H2,1-2H3/t7?,9-,10?/m1/s1. The second-order valence-electron chi connectivity index (χ2n) is 4.19. The molecule has 0 aromatic heterocycles. The molecule has 1 fully saturated rings. The van der Waals surface area contributed by atoms with Gasteiger partial charge in [0.1, 0.15) is 0 Å². The average Bonchev–Trinajstić information content (AvgIpc) is 2.33. The summed E-state index contributed by atoms with van der Waals surface area (Å²) in [6.07, 6.45) is 6.41. The fourth-order valence-corrected chi connectivity index (χ4v) is 2.43. The molecule has 1 aliphatic carbocycles. The van der Waals surface area contributed by atoms with Crippen molar-refractivity contribution in [2.24, 2.45) is 11.8 Å². The van der Waals surface area contributed by atoms with Crippen molar-refractivity contribution < 1.29 is 0 Å². The number of hydrogen-bond acceptors (Lipinski definition) is 1. The molecule has 2 aliphatic rings. The van der Waals surface area contributed by atoms with Gasteiger partial charge in [0.15, 0.2) is 0 Å². The molecule has 0 radical (unpaired) electrons. The van der Waals surface area contributed by atoms with Crippen molar-refractivity contribution in [3.8, 4) is 0 Å². The van der Waals surface area contributed by atoms with E-state index in [1.807, 2.05) is 0 Å². The molecule has 1 N–H and O–H groups in total. The van der Waals surface area contributed by atoms with Crippen LogP contribution in [-0.4, -0.2) is 6.04 Å². The van der Waals surface area contributed by atoms with Crippen molar-refractivity contribution in [2.75, 3.05) is 0 Å². The molecule has 0 aromatic carbocycles. The molecule has 62 valence electrons. The van der Waals surface area contributed by atoms with Crippen LogP contribution in [0.25, 0.3) is 0 Å². The Morgan fingerprint density at radius 1 is 1.45 bits per heavy atom. The maximum atomic E-state index is 3.47. The zero-order valence-electron chi connectivity index (χ0n) is 7.43. The largest absolute Gasteiger partial charge is 0.388 e. The minimum atomic E-state index is 0.784. The predicted octanol–water partition coefficient (Wildman–Crippen LogP) is 2.30. The summed E-state index contributed by atoms with van der Waals surface area (Å²) in [5.74, 6) is 1.80. The van der Waals surface area contributed by atoms with Crippen LogP contribution in [0.2, 0.25) is 0 Å². The Balaban J connectivity index is 2.07. The molecule has 3 atom stereocenters. The minimum absolute atomic E-state index is 0.784. The molecule has 0 bridgehead atoms. The summed E-state index contributed by atoms with van der Waals surface area (Å²) < 4.78 is 0. The molecule has 1 nitrogen and oxygen atoms in total. The molecule has 11 heavy (non-hydrogen) atoms. The van der Waals surface area contributed by atoms with Crippen LogP contribution in [0.4, 0.5) is 0 Å². The van der Waals surface area contributed by atoms with Gasteiger partial charge in [0.2, 0.25) is 0 Å². The number of fused-ring (bicyclic) bond motifs is 1. The van der Waals surface area contributed by atoms with E-state index in [2.05, 4.69) is 25.4 Å². The normalized spacial score (nSPS) is 42.7. The Kier molecular flexibility index (Phi) is 1.67. The van der Waals surface area contributed by atoms with Crippen molar-refractivity contribution in [1.29, 1.82) is 0 Å². The van der Waals surface area contributed by atoms with E-state index >= 15 is 0 Å². The van der Waals surface area contributed by atoms with Gasteiger partial charge in [-0.25, -0.2) is 0 Å². The third kappa shape index (κ3) is 1.17. The first-order chi connectivity index (χ1) is 5.27. The molecule has 0 amide bonds. The van der Waals surface area contributed by atoms with E-state index in [4.69, 9.17) is 0 Å². The molecule has 0 spiro atoms. The third-order valence-corrected chi connectivity index (χ3v) is 3.22. The molecule has 0 aromatic rings. The number of nitrogens with one attached hydrogen (secondary N) is 1. The summed E-state index contributed by atoms with van der Waals surface area (Å²) in [5.41, 5.74) is 1.57. The van der Waals surface area contributed by atoms with Crippen LogP contribution in [-0.2, 0) is 0 Å². The van der Waals surface area contributed by atoms with Crippen LogP contribution in [0, 0.1) is 11.8 Å². The number of rotatable bonds is 0. The highest BCUT2D eigenvalue weighted by molar-refractivity contribution is 5.14. The summed E-state index contributed by atoms with van der Waals surface area (Å²) in [7, 11) is 0. The highest BCUT2D eigenvalue weighted by Crippen LogP contribution is 2.36. The van der Waals surface area contributed by atoms with Crippen LogP contribution in [0.1, 0.15) is 33.1 Å². The van der Waals surface area contributed by atoms with Crippen molar-refractivity contribution >= 4 is 0 Å². The highest BCUT2D eigenvalue weighted by atomic mass is 14.9. The quantitative estimate of drug-likeness (QED) is 0.560. The van der Waals surface area contributed by atoms with Gasteiger partial charge in [-0.15, -0.1) is 0 Å². The van der Waals surface area contributed by atoms with Gasteiger partial charge >= 0.3 is 0 Å². The van der Waals surface area contributed by atoms with Crippen molar-refractivity contribution in [3.63, 3.8) is 0 Å². The summed E-state index contributed by atoms with van der Waals surface area (Å²) in [6.45, 7) is 4.64. The van der Waals surface area contributed by atoms with Crippen LogP contribution < -0.4 is 5.32 Å². The van der Waals surface area contributed by atoms with E-state index in [-0.39, 0.29) is 0 Å². The van der Waals surface area contributed by atoms with Crippen LogP contribution in [0.3, 0.4) is 0 Å². The predicted molar refractivity (Wildman–Crippen MR) is 47.2 cm³/mol. The SMILES string of the molecule is CC1=CNC2CCC(C)C[C@H]12. The molecular formula is C10H17N. The summed E-state index contributed by atoms with van der Waals surface area (Å²) in [5, 5.41) is 3.47. The van der Waals surface area contributed by atoms with E-state index in [0.717, 1.165) is 17.9 Å². The Morgan fingerprint density at radius 3 is 3.09 bits per heavy atom. The maximum absolute atomic E-state index is 3.47. The van der Waals surface area contributed by atoms with Gasteiger partial charge in [0.05, 0.1) is 0 Å². The van der Waals surface area contributed by atoms with Gasteiger partial charge in [-0.1, -0.05) is 12.5 Å². The molecule has 1 heterocycles. The minimum Gasteiger partial charge on any atom is -0.388 e. The lowest BCUT2D eigenvalue weighted by molar-refractivity contribution is 0.273. The van der Waals surface area contributed by atoms with E-state index < -0.39 is 0 Å². The zero-order valence-corrected chi connectivity index (χ0v) is 7.43. The van der Waals surface area contributed by atoms with E-state index in [1.165, 1.54) is 19.3 Å². The lowest BCUT2D eigenvalue weighted by Gasteiger charge is -2.30. The van der Waals surface area contributed by atoms with Gasteiger partial charge < -0.3 is 5.32 Å². The molecule has 2 unspecified atom stereocenters. The lowest BCUT2D eigenvalue weighted by Crippen LogP contribution is -2.32. The third-order valence-electron chi connectivity index (χ3n) is 3.22. The molecule has 0 saturated heterocycles. The van der Waals surface area contributed by atoms with Crippen molar-refractivity contribution in [2.45, 2.75) is 39.2 Å². The monoisotopic (exact) mass is 151 g/mol. The smallest absolute Gasteiger partial charge is 0.0321 e. The Morgan fingerprint density at radius 2 is 2.27 bits per heavy atom. The average molecular weight is 151 g/mol. The number of hydrogen-bond donors (Lipinski definition) is 1. The zero-order chi connectivity index (χ0) is 7.84. The topological polar surface area (TPSA) is 12.0 Å². The Hall–Kier alpha value is -0.460. The second-order valence-corrected chi connectivity index (χ2v) is 4.19. The lowest BCUT2D eigenvalue weighted by atomic mass is 9.77. The van der Waals surface area contributed by atoms with Crippen LogP contribution in [0.15, 0.2) is 11.8 Å². The molecule has 1 saturated carbocycles. The highest BCUT2D eigenvalue weighted by Gasteiger charge is 2.32. The van der Waals surface area contributed by atoms with Gasteiger partial charge in [0, 0.05) is 12.0 Å². The maximum Gasteiger partial charge on any atom is 0.0321 e. The second kappa shape index (κ2) is 2.54. The van der Waals surface area contributed by atoms with Crippen molar-refractivity contribution in [3.05, 3.63) is 11.8 Å². The van der Waals surface area contributed by atoms with E-state index in [1.54, 1.807) is 5.57 Å². The van der Waals surface area contributed by atoms with Crippen molar-refractivity contribution in [1.82, 2.24) is 5.32 Å². The van der Waals surface area contributed by atoms with Crippen LogP contribution >= 0.6 is 0 Å². The van der Waals surface area contributed by atoms with Crippen LogP contribution in [0.5, 0.6) is 0 Å². The summed E-state index contributed by atoms with van der Waals surface area (Å²) >= 11 is 0. The summed E-state index contributed by atoms with van der Waals surface area (Å²) in [4.78, 5) is 0. The molecule has 1 heteroatoms. The first-order valence-corrected chi connectivity index (χ1v) is 4.70. The van der Waals surface area contributed by atoms with Gasteiger partial charge in [-0.3, -0.25) is 0 Å². The van der Waals surface area contributed by atoms with Gasteiger partial charge in [-0.2, -0.15) is 0 Å². The first kappa shape index (κ1) is 7.20. The fraction of sp³-hybridized carbons (Fsp3) is 0.800. The van der Waals surface area contributed by atoms with Gasteiger partial charge in [0.25, 0.3) is 0 Å². The molecule has 1 aliphatic heterocycles. The van der Waals surface area contributed by atoms with E-state index in [9.17, 15) is 0 Å². The Labute approximate surface area is 68.9 Å². The van der Waals surface area contributed by atoms with Gasteiger partial charge in [-0.05, 0) is 38.3 Å². The van der Waals surface area contributed by atoms with E-state index in [0.29, 0.717) is 0 Å². The Bertz CT molecular complexity index is 183. The first-order valence-electron chi connectivity index (χ1n) is 4.70.